The van der Waals surface area contributed by atoms with Gasteiger partial charge in [0, 0.05) is 0 Å². The average Bonchev–Trinajstić information content (AvgIpc) is 2.62. The second kappa shape index (κ2) is 3.85. The van der Waals surface area contributed by atoms with E-state index in [0.29, 0.717) is 24.2 Å². The molecule has 0 aliphatic carbocycles. The summed E-state index contributed by atoms with van der Waals surface area (Å²) in [6, 6.07) is 0. The molecule has 1 fully saturated rings. The van der Waals surface area contributed by atoms with Gasteiger partial charge in [-0.05, 0) is 11.6 Å². The number of rotatable bonds is 2. The van der Waals surface area contributed by atoms with Gasteiger partial charge in [0.1, 0.15) is 5.01 Å². The topological polar surface area (TPSA) is 58.5 Å². The first-order chi connectivity index (χ1) is 6.24. The Morgan fingerprint density at radius 3 is 3.08 bits per heavy atom. The Hall–Kier alpha value is -0.270. The average molecular weight is 222 g/mol. The highest BCUT2D eigenvalue weighted by molar-refractivity contribution is 7.15. The van der Waals surface area contributed by atoms with E-state index in [1.807, 2.05) is 0 Å². The number of aliphatic hydroxyl groups is 1. The second-order valence-electron chi connectivity index (χ2n) is 2.72. The first-order valence-electron chi connectivity index (χ1n) is 3.78. The number of hydrogen-bond acceptors (Lipinski definition) is 6. The number of aromatic nitrogens is 2. The van der Waals surface area contributed by atoms with Crippen molar-refractivity contribution in [3.8, 4) is 0 Å². The highest BCUT2D eigenvalue weighted by atomic mass is 35.5. The van der Waals surface area contributed by atoms with Gasteiger partial charge in [0.2, 0.25) is 4.47 Å². The van der Waals surface area contributed by atoms with E-state index in [1.54, 1.807) is 5.06 Å². The first-order valence-corrected chi connectivity index (χ1v) is 4.97. The van der Waals surface area contributed by atoms with E-state index in [2.05, 4.69) is 10.2 Å². The second-order valence-corrected chi connectivity index (χ2v) is 4.37. The molecule has 5 nitrogen and oxygen atoms in total. The van der Waals surface area contributed by atoms with Gasteiger partial charge in [-0.15, -0.1) is 10.2 Å². The van der Waals surface area contributed by atoms with Gasteiger partial charge in [-0.2, -0.15) is 5.06 Å². The molecule has 0 spiro atoms. The minimum atomic E-state index is -0.400. The molecule has 0 bridgehead atoms. The normalized spacial score (nSPS) is 24.0. The number of halogens is 1. The van der Waals surface area contributed by atoms with Crippen molar-refractivity contribution in [3.05, 3.63) is 9.47 Å². The smallest absolute Gasteiger partial charge is 0.207 e. The van der Waals surface area contributed by atoms with Crippen LogP contribution in [0.3, 0.4) is 0 Å². The quantitative estimate of drug-likeness (QED) is 0.779. The van der Waals surface area contributed by atoms with Crippen LogP contribution in [0.5, 0.6) is 0 Å². The maximum absolute atomic E-state index is 9.16. The van der Waals surface area contributed by atoms with Crippen molar-refractivity contribution in [3.63, 3.8) is 0 Å². The number of hydrogen-bond donors (Lipinski definition) is 1. The molecule has 0 saturated carbocycles. The third-order valence-corrected chi connectivity index (χ3v) is 2.62. The van der Waals surface area contributed by atoms with Crippen LogP contribution in [0.1, 0.15) is 5.01 Å². The lowest BCUT2D eigenvalue weighted by Crippen LogP contribution is -2.20. The minimum Gasteiger partial charge on any atom is -0.389 e. The van der Waals surface area contributed by atoms with E-state index in [9.17, 15) is 0 Å². The predicted octanol–water partition coefficient (Wildman–Crippen LogP) is 0.300. The zero-order chi connectivity index (χ0) is 9.26. The molecule has 0 radical (unpaired) electrons. The van der Waals surface area contributed by atoms with Gasteiger partial charge in [0.25, 0.3) is 0 Å². The maximum atomic E-state index is 9.16. The summed E-state index contributed by atoms with van der Waals surface area (Å²) in [6.45, 7) is 1.39. The zero-order valence-electron chi connectivity index (χ0n) is 6.68. The van der Waals surface area contributed by atoms with Crippen LogP contribution in [0.15, 0.2) is 0 Å². The van der Waals surface area contributed by atoms with Gasteiger partial charge in [-0.3, -0.25) is 4.84 Å². The van der Waals surface area contributed by atoms with Gasteiger partial charge in [0.05, 0.1) is 25.8 Å². The van der Waals surface area contributed by atoms with Crippen molar-refractivity contribution < 1.29 is 9.94 Å². The van der Waals surface area contributed by atoms with Crippen LogP contribution in [0.4, 0.5) is 0 Å². The number of hydroxylamine groups is 2. The van der Waals surface area contributed by atoms with E-state index in [4.69, 9.17) is 21.5 Å². The molecular formula is C6H8ClN3O2S. The van der Waals surface area contributed by atoms with E-state index in [0.717, 1.165) is 5.01 Å². The Morgan fingerprint density at radius 2 is 2.54 bits per heavy atom. The number of β-amino-alcohol motifs (C(OH)–C–C–N with tert-alkyl or cyclic N) is 1. The third kappa shape index (κ3) is 2.35. The van der Waals surface area contributed by atoms with Crippen LogP contribution in [0, 0.1) is 0 Å². The van der Waals surface area contributed by atoms with Crippen molar-refractivity contribution in [1.82, 2.24) is 15.3 Å². The molecule has 1 aliphatic heterocycles. The van der Waals surface area contributed by atoms with Crippen LogP contribution < -0.4 is 0 Å². The summed E-state index contributed by atoms with van der Waals surface area (Å²) in [5, 5.41) is 19.1. The molecule has 2 rings (SSSR count). The zero-order valence-corrected chi connectivity index (χ0v) is 8.25. The summed E-state index contributed by atoms with van der Waals surface area (Å²) in [6.07, 6.45) is -0.400. The Morgan fingerprint density at radius 1 is 1.69 bits per heavy atom. The third-order valence-electron chi connectivity index (χ3n) is 1.62. The fourth-order valence-corrected chi connectivity index (χ4v) is 1.96. The van der Waals surface area contributed by atoms with Crippen molar-refractivity contribution in [2.24, 2.45) is 0 Å². The fraction of sp³-hybridized carbons (Fsp3) is 0.667. The molecule has 1 N–H and O–H groups in total. The van der Waals surface area contributed by atoms with Crippen LogP contribution in [0.2, 0.25) is 4.47 Å². The van der Waals surface area contributed by atoms with Gasteiger partial charge < -0.3 is 5.11 Å². The highest BCUT2D eigenvalue weighted by Gasteiger charge is 2.22. The molecule has 1 saturated heterocycles. The SMILES string of the molecule is O[C@H]1CON(Cc2nnc(Cl)s2)C1. The van der Waals surface area contributed by atoms with Crippen molar-refractivity contribution in [2.45, 2.75) is 12.6 Å². The number of nitrogens with zero attached hydrogens (tertiary/aromatic N) is 3. The lowest BCUT2D eigenvalue weighted by Gasteiger charge is -2.09. The summed E-state index contributed by atoms with van der Waals surface area (Å²) in [4.78, 5) is 5.16. The van der Waals surface area contributed by atoms with E-state index in [-0.39, 0.29) is 0 Å². The van der Waals surface area contributed by atoms with Gasteiger partial charge in [-0.25, -0.2) is 0 Å². The molecule has 0 amide bonds. The molecule has 1 atom stereocenters. The lowest BCUT2D eigenvalue weighted by molar-refractivity contribution is -0.118. The molecule has 1 aromatic rings. The largest absolute Gasteiger partial charge is 0.389 e. The Bertz CT molecular complexity index is 295. The predicted molar refractivity (Wildman–Crippen MR) is 47.3 cm³/mol. The molecule has 7 heteroatoms. The molecule has 0 unspecified atom stereocenters. The van der Waals surface area contributed by atoms with E-state index < -0.39 is 6.10 Å². The summed E-state index contributed by atoms with van der Waals surface area (Å²) >= 11 is 6.93. The monoisotopic (exact) mass is 221 g/mol. The Balaban J connectivity index is 1.91. The molecule has 1 aromatic heterocycles. The molecular weight excluding hydrogens is 214 g/mol. The van der Waals surface area contributed by atoms with Crippen molar-refractivity contribution >= 4 is 22.9 Å². The fourth-order valence-electron chi connectivity index (χ4n) is 1.09. The summed E-state index contributed by atoms with van der Waals surface area (Å²) in [5.74, 6) is 0. The molecule has 0 aromatic carbocycles. The minimum absolute atomic E-state index is 0.354. The van der Waals surface area contributed by atoms with E-state index in [1.165, 1.54) is 11.3 Å². The van der Waals surface area contributed by atoms with Crippen LogP contribution in [-0.4, -0.2) is 39.6 Å². The van der Waals surface area contributed by atoms with Gasteiger partial charge in [-0.1, -0.05) is 11.3 Å². The van der Waals surface area contributed by atoms with E-state index >= 15 is 0 Å². The molecule has 72 valence electrons. The van der Waals surface area contributed by atoms with Crippen molar-refractivity contribution in [2.75, 3.05) is 13.2 Å². The Kier molecular flexibility index (Phi) is 2.75. The standard InChI is InChI=1S/C6H8ClN3O2S/c7-6-9-8-5(13-6)2-10-1-4(11)3-12-10/h4,11H,1-3H2/t4-/m1/s1. The van der Waals surface area contributed by atoms with Gasteiger partial charge in [0.15, 0.2) is 0 Å². The summed E-state index contributed by atoms with van der Waals surface area (Å²) in [5.41, 5.74) is 0. The first kappa shape index (κ1) is 9.29. The summed E-state index contributed by atoms with van der Waals surface area (Å²) < 4.78 is 0.426. The number of aliphatic hydroxyl groups excluding tert-OH is 1. The highest BCUT2D eigenvalue weighted by Crippen LogP contribution is 2.18. The van der Waals surface area contributed by atoms with Crippen LogP contribution in [0.25, 0.3) is 0 Å². The molecule has 2 heterocycles. The van der Waals surface area contributed by atoms with Crippen LogP contribution >= 0.6 is 22.9 Å². The maximum Gasteiger partial charge on any atom is 0.207 e. The van der Waals surface area contributed by atoms with Crippen LogP contribution in [-0.2, 0) is 11.4 Å². The molecule has 13 heavy (non-hydrogen) atoms. The van der Waals surface area contributed by atoms with Gasteiger partial charge >= 0.3 is 0 Å². The van der Waals surface area contributed by atoms with Crippen molar-refractivity contribution in [1.29, 1.82) is 0 Å². The Labute approximate surface area is 83.9 Å². The lowest BCUT2D eigenvalue weighted by atomic mass is 10.4. The summed E-state index contributed by atoms with van der Waals surface area (Å²) in [7, 11) is 0. The molecule has 1 aliphatic rings.